The summed E-state index contributed by atoms with van der Waals surface area (Å²) in [6, 6.07) is 12.5. The van der Waals surface area contributed by atoms with E-state index in [1.165, 1.54) is 0 Å². The Kier molecular flexibility index (Phi) is 9.10. The van der Waals surface area contributed by atoms with Gasteiger partial charge in [0.15, 0.2) is 4.90 Å². The maximum absolute atomic E-state index is 13.4. The molecule has 2 fully saturated rings. The topological polar surface area (TPSA) is 72.9 Å². The number of esters is 1. The smallest absolute Gasteiger partial charge is 0.357 e. The van der Waals surface area contributed by atoms with Gasteiger partial charge in [0.1, 0.15) is 6.10 Å². The Bertz CT molecular complexity index is 1100. The van der Waals surface area contributed by atoms with Gasteiger partial charge in [0, 0.05) is 41.4 Å². The molecule has 1 saturated carbocycles. The van der Waals surface area contributed by atoms with Crippen LogP contribution in [0.1, 0.15) is 56.3 Å². The van der Waals surface area contributed by atoms with Gasteiger partial charge in [-0.1, -0.05) is 35.7 Å². The Balaban J connectivity index is 1.39. The van der Waals surface area contributed by atoms with Gasteiger partial charge in [-0.2, -0.15) is 0 Å². The van der Waals surface area contributed by atoms with E-state index in [0.717, 1.165) is 37.8 Å². The molecule has 36 heavy (non-hydrogen) atoms. The maximum Gasteiger partial charge on any atom is 0.357 e. The average Bonchev–Trinajstić information content (AvgIpc) is 2.85. The van der Waals surface area contributed by atoms with Crippen molar-refractivity contribution >= 4 is 51.9 Å². The molecule has 3 atom stereocenters. The molecule has 1 aliphatic carbocycles. The molecule has 1 heterocycles. The van der Waals surface area contributed by atoms with Crippen LogP contribution in [0.4, 0.5) is 5.69 Å². The van der Waals surface area contributed by atoms with Crippen LogP contribution in [0.3, 0.4) is 0 Å². The van der Waals surface area contributed by atoms with Crippen LogP contribution in [0.2, 0.25) is 10.0 Å². The van der Waals surface area contributed by atoms with Gasteiger partial charge in [-0.3, -0.25) is 4.79 Å². The quantitative estimate of drug-likeness (QED) is 0.340. The van der Waals surface area contributed by atoms with E-state index in [1.807, 2.05) is 36.1 Å². The zero-order valence-electron chi connectivity index (χ0n) is 20.6. The lowest BCUT2D eigenvalue weighted by Gasteiger charge is -2.46. The highest BCUT2D eigenvalue weighted by molar-refractivity contribution is 7.92. The zero-order chi connectivity index (χ0) is 25.8. The first-order valence-electron chi connectivity index (χ1n) is 12.4. The molecule has 1 aliphatic heterocycles. The first-order valence-corrected chi connectivity index (χ1v) is 14.5. The van der Waals surface area contributed by atoms with Crippen LogP contribution in [0.15, 0.2) is 47.4 Å². The third-order valence-corrected chi connectivity index (χ3v) is 9.19. The van der Waals surface area contributed by atoms with Crippen LogP contribution in [0.25, 0.3) is 0 Å². The molecule has 0 spiro atoms. The molecule has 0 aromatic heterocycles. The van der Waals surface area contributed by atoms with E-state index < -0.39 is 17.1 Å². The second-order valence-electron chi connectivity index (χ2n) is 9.54. The summed E-state index contributed by atoms with van der Waals surface area (Å²) in [4.78, 5) is 30.1. The van der Waals surface area contributed by atoms with E-state index in [4.69, 9.17) is 27.9 Å². The van der Waals surface area contributed by atoms with Crippen LogP contribution < -0.4 is 4.90 Å². The Morgan fingerprint density at radius 3 is 2.47 bits per heavy atom. The molecule has 4 rings (SSSR count). The summed E-state index contributed by atoms with van der Waals surface area (Å²) in [6.45, 7) is 5.35. The van der Waals surface area contributed by atoms with E-state index in [9.17, 15) is 14.1 Å². The van der Waals surface area contributed by atoms with Gasteiger partial charge in [-0.15, -0.1) is 0 Å². The van der Waals surface area contributed by atoms with Crippen molar-refractivity contribution in [3.63, 3.8) is 0 Å². The number of amides is 1. The molecule has 0 bridgehead atoms. The summed E-state index contributed by atoms with van der Waals surface area (Å²) >= 11 is 11.0. The third-order valence-electron chi connectivity index (χ3n) is 7.19. The maximum atomic E-state index is 13.4. The van der Waals surface area contributed by atoms with Crippen LogP contribution in [-0.2, 0) is 20.7 Å². The van der Waals surface area contributed by atoms with E-state index in [-0.39, 0.29) is 34.9 Å². The van der Waals surface area contributed by atoms with Crippen molar-refractivity contribution in [1.82, 2.24) is 4.90 Å². The van der Waals surface area contributed by atoms with Crippen molar-refractivity contribution in [2.24, 2.45) is 0 Å². The Labute approximate surface area is 226 Å². The monoisotopic (exact) mass is 550 g/mol. The van der Waals surface area contributed by atoms with E-state index in [2.05, 4.69) is 11.8 Å². The number of piperazine rings is 1. The lowest BCUT2D eigenvalue weighted by molar-refractivity contribution is -0.147. The van der Waals surface area contributed by atoms with E-state index in [0.29, 0.717) is 28.6 Å². The van der Waals surface area contributed by atoms with Gasteiger partial charge < -0.3 is 19.1 Å². The SMILES string of the molecule is C[C@H]1[C@H](C)N(c2cccc(Cl)c2)CCN1C(=O)c1ccc([S+]([O-])CC(=O)OC2CCCCC2)c(Cl)c1. The van der Waals surface area contributed by atoms with Crippen molar-refractivity contribution in [2.75, 3.05) is 23.7 Å². The number of carbonyl (C=O) groups is 2. The van der Waals surface area contributed by atoms with Crippen molar-refractivity contribution in [1.29, 1.82) is 0 Å². The van der Waals surface area contributed by atoms with Gasteiger partial charge in [0.25, 0.3) is 5.91 Å². The van der Waals surface area contributed by atoms with E-state index >= 15 is 0 Å². The lowest BCUT2D eigenvalue weighted by Crippen LogP contribution is -2.59. The van der Waals surface area contributed by atoms with Gasteiger partial charge in [0.05, 0.1) is 5.02 Å². The number of carbonyl (C=O) groups excluding carboxylic acids is 2. The molecular weight excluding hydrogens is 519 g/mol. The molecule has 2 aromatic carbocycles. The number of halogens is 2. The normalized spacial score (nSPS) is 21.8. The number of anilines is 1. The lowest BCUT2D eigenvalue weighted by atomic mass is 9.98. The van der Waals surface area contributed by atoms with E-state index in [1.54, 1.807) is 18.2 Å². The predicted octanol–water partition coefficient (Wildman–Crippen LogP) is 5.72. The zero-order valence-corrected chi connectivity index (χ0v) is 23.0. The minimum absolute atomic E-state index is 0.0487. The van der Waals surface area contributed by atoms with Gasteiger partial charge in [-0.25, -0.2) is 4.79 Å². The summed E-state index contributed by atoms with van der Waals surface area (Å²) in [5.41, 5.74) is 1.46. The van der Waals surface area contributed by atoms with Crippen LogP contribution in [0.5, 0.6) is 0 Å². The molecule has 1 unspecified atom stereocenters. The molecule has 1 amide bonds. The molecule has 2 aliphatic rings. The summed E-state index contributed by atoms with van der Waals surface area (Å²) < 4.78 is 18.3. The van der Waals surface area contributed by atoms with Crippen LogP contribution in [-0.4, -0.2) is 58.4 Å². The minimum atomic E-state index is -1.65. The standard InChI is InChI=1S/C27H32Cl2N2O4S/c1-18-19(2)31(14-13-30(18)22-8-6-7-21(28)16-22)27(33)20-11-12-25(24(29)15-20)36(34)17-26(32)35-23-9-4-3-5-10-23/h6-8,11-12,15-16,18-19,23H,3-5,9-10,13-14,17H2,1-2H3/t18-,19-,36?/m0/s1. The highest BCUT2D eigenvalue weighted by Crippen LogP contribution is 2.29. The number of hydrogen-bond donors (Lipinski definition) is 0. The molecular formula is C27H32Cl2N2O4S. The number of ether oxygens (including phenoxy) is 1. The summed E-state index contributed by atoms with van der Waals surface area (Å²) in [5, 5.41) is 0.892. The largest absolute Gasteiger partial charge is 0.611 e. The molecule has 6 nitrogen and oxygen atoms in total. The highest BCUT2D eigenvalue weighted by Gasteiger charge is 2.34. The Morgan fingerprint density at radius 1 is 1.03 bits per heavy atom. The Morgan fingerprint density at radius 2 is 1.78 bits per heavy atom. The number of benzene rings is 2. The second kappa shape index (κ2) is 12.1. The summed E-state index contributed by atoms with van der Waals surface area (Å²) in [6.07, 6.45) is 4.91. The third kappa shape index (κ3) is 6.31. The predicted molar refractivity (Wildman–Crippen MR) is 144 cm³/mol. The first kappa shape index (κ1) is 27.1. The molecule has 1 saturated heterocycles. The fraction of sp³-hybridized carbons (Fsp3) is 0.481. The average molecular weight is 552 g/mol. The van der Waals surface area contributed by atoms with Crippen molar-refractivity contribution in [2.45, 2.75) is 69.0 Å². The molecule has 194 valence electrons. The minimum Gasteiger partial charge on any atom is -0.611 e. The fourth-order valence-corrected chi connectivity index (χ4v) is 6.58. The van der Waals surface area contributed by atoms with Gasteiger partial charge in [-0.05, 0) is 87.1 Å². The second-order valence-corrected chi connectivity index (χ2v) is 11.8. The molecule has 9 heteroatoms. The molecule has 0 radical (unpaired) electrons. The first-order chi connectivity index (χ1) is 17.2. The number of rotatable bonds is 6. The number of nitrogens with zero attached hydrogens (tertiary/aromatic N) is 2. The van der Waals surface area contributed by atoms with Crippen LogP contribution >= 0.6 is 23.2 Å². The highest BCUT2D eigenvalue weighted by atomic mass is 35.5. The van der Waals surface area contributed by atoms with Gasteiger partial charge >= 0.3 is 5.97 Å². The van der Waals surface area contributed by atoms with Crippen molar-refractivity contribution < 1.29 is 18.9 Å². The fourth-order valence-electron chi connectivity index (χ4n) is 5.02. The van der Waals surface area contributed by atoms with Crippen LogP contribution in [0, 0.1) is 0 Å². The van der Waals surface area contributed by atoms with Crippen molar-refractivity contribution in [3.8, 4) is 0 Å². The van der Waals surface area contributed by atoms with Gasteiger partial charge in [0.2, 0.25) is 5.75 Å². The van der Waals surface area contributed by atoms with Crippen molar-refractivity contribution in [3.05, 3.63) is 58.1 Å². The number of hydrogen-bond acceptors (Lipinski definition) is 5. The Hall–Kier alpha value is -1.93. The molecule has 2 aromatic rings. The molecule has 0 N–H and O–H groups in total. The summed E-state index contributed by atoms with van der Waals surface area (Å²) in [7, 11) is 0. The summed E-state index contributed by atoms with van der Waals surface area (Å²) in [5.74, 6) is -0.850.